The van der Waals surface area contributed by atoms with Gasteiger partial charge in [-0.15, -0.1) is 0 Å². The second-order valence-electron chi connectivity index (χ2n) is 5.28. The van der Waals surface area contributed by atoms with Crippen LogP contribution in [0.1, 0.15) is 35.7 Å². The lowest BCUT2D eigenvalue weighted by molar-refractivity contribution is 0.0675. The number of hydrogen-bond donors (Lipinski definition) is 1. The maximum atomic E-state index is 12.7. The molecule has 0 unspecified atom stereocenters. The molecular weight excluding hydrogens is 288 g/mol. The number of nitrogens with zero attached hydrogens (tertiary/aromatic N) is 1. The minimum atomic E-state index is -0.135. The average molecular weight is 307 g/mol. The number of halogens is 1. The van der Waals surface area contributed by atoms with E-state index in [-0.39, 0.29) is 11.9 Å². The van der Waals surface area contributed by atoms with Crippen LogP contribution < -0.4 is 5.73 Å². The topological polar surface area (TPSA) is 59.5 Å². The predicted molar refractivity (Wildman–Crippen MR) is 84.3 cm³/mol. The fraction of sp³-hybridized carbons (Fsp3) is 0.312. The molecule has 4 nitrogen and oxygen atoms in total. The van der Waals surface area contributed by atoms with Crippen LogP contribution in [0.15, 0.2) is 34.7 Å². The smallest absolute Gasteiger partial charge is 0.256 e. The first-order valence-electron chi connectivity index (χ1n) is 6.80. The number of carbonyl (C=O) groups is 1. The van der Waals surface area contributed by atoms with E-state index < -0.39 is 0 Å². The molecule has 2 rings (SSSR count). The van der Waals surface area contributed by atoms with Crippen LogP contribution in [0.5, 0.6) is 0 Å². The first-order valence-corrected chi connectivity index (χ1v) is 7.17. The first-order chi connectivity index (χ1) is 9.88. The van der Waals surface area contributed by atoms with Crippen molar-refractivity contribution < 1.29 is 9.21 Å². The zero-order valence-electron chi connectivity index (χ0n) is 12.4. The fourth-order valence-corrected chi connectivity index (χ4v) is 2.36. The molecule has 0 aliphatic carbocycles. The minimum Gasteiger partial charge on any atom is -0.464 e. The van der Waals surface area contributed by atoms with Gasteiger partial charge < -0.3 is 15.1 Å². The van der Waals surface area contributed by atoms with Gasteiger partial charge in [-0.25, -0.2) is 0 Å². The third-order valence-electron chi connectivity index (χ3n) is 3.23. The summed E-state index contributed by atoms with van der Waals surface area (Å²) in [5, 5.41) is 0.362. The molecule has 0 atom stereocenters. The number of aryl methyl sites for hydroxylation is 1. The molecule has 1 amide bonds. The number of anilines is 1. The lowest BCUT2D eigenvalue weighted by atomic mass is 10.1. The van der Waals surface area contributed by atoms with Gasteiger partial charge in [0.2, 0.25) is 0 Å². The van der Waals surface area contributed by atoms with Crippen LogP contribution in [-0.4, -0.2) is 16.8 Å². The molecule has 0 aliphatic rings. The van der Waals surface area contributed by atoms with Crippen LogP contribution >= 0.6 is 11.6 Å². The van der Waals surface area contributed by atoms with E-state index >= 15 is 0 Å². The zero-order chi connectivity index (χ0) is 15.6. The van der Waals surface area contributed by atoms with Gasteiger partial charge in [-0.05, 0) is 51.1 Å². The monoisotopic (exact) mass is 306 g/mol. The molecule has 2 aromatic rings. The van der Waals surface area contributed by atoms with E-state index in [0.717, 1.165) is 11.5 Å². The summed E-state index contributed by atoms with van der Waals surface area (Å²) in [7, 11) is 0. The first kappa shape index (κ1) is 15.4. The van der Waals surface area contributed by atoms with E-state index in [9.17, 15) is 4.79 Å². The Labute approximate surface area is 129 Å². The lowest BCUT2D eigenvalue weighted by Gasteiger charge is -2.26. The summed E-state index contributed by atoms with van der Waals surface area (Å²) in [4.78, 5) is 14.4. The number of nitrogens with two attached hydrogens (primary N) is 1. The maximum Gasteiger partial charge on any atom is 0.256 e. The summed E-state index contributed by atoms with van der Waals surface area (Å²) < 4.78 is 5.55. The van der Waals surface area contributed by atoms with Crippen molar-refractivity contribution in [3.05, 3.63) is 52.4 Å². The predicted octanol–water partition coefficient (Wildman–Crippen LogP) is 3.87. The largest absolute Gasteiger partial charge is 0.464 e. The Balaban J connectivity index is 2.27. The van der Waals surface area contributed by atoms with Crippen molar-refractivity contribution in [1.29, 1.82) is 0 Å². The van der Waals surface area contributed by atoms with E-state index in [1.807, 2.05) is 32.9 Å². The number of amides is 1. The standard InChI is InChI=1S/C16H19ClN2O2/c1-10(2)19(9-13-6-4-11(3)21-13)16(20)14-7-5-12(18)8-15(14)17/h4-8,10H,9,18H2,1-3H3. The summed E-state index contributed by atoms with van der Waals surface area (Å²) in [6.07, 6.45) is 0. The van der Waals surface area contributed by atoms with Crippen molar-refractivity contribution in [2.45, 2.75) is 33.4 Å². The number of hydrogen-bond acceptors (Lipinski definition) is 3. The number of benzene rings is 1. The molecule has 5 heteroatoms. The molecule has 1 aromatic carbocycles. The summed E-state index contributed by atoms with van der Waals surface area (Å²) in [6, 6.07) is 8.70. The quantitative estimate of drug-likeness (QED) is 0.872. The van der Waals surface area contributed by atoms with Crippen molar-refractivity contribution in [3.63, 3.8) is 0 Å². The van der Waals surface area contributed by atoms with Crippen LogP contribution in [0.2, 0.25) is 5.02 Å². The van der Waals surface area contributed by atoms with Crippen LogP contribution in [0, 0.1) is 6.92 Å². The summed E-state index contributed by atoms with van der Waals surface area (Å²) >= 11 is 6.13. The highest BCUT2D eigenvalue weighted by molar-refractivity contribution is 6.34. The van der Waals surface area contributed by atoms with Gasteiger partial charge in [0, 0.05) is 11.7 Å². The Morgan fingerprint density at radius 2 is 2.05 bits per heavy atom. The Morgan fingerprint density at radius 1 is 1.33 bits per heavy atom. The van der Waals surface area contributed by atoms with Gasteiger partial charge >= 0.3 is 0 Å². The zero-order valence-corrected chi connectivity index (χ0v) is 13.1. The summed E-state index contributed by atoms with van der Waals surface area (Å²) in [5.41, 5.74) is 6.65. The van der Waals surface area contributed by atoms with Crippen LogP contribution in [0.4, 0.5) is 5.69 Å². The number of furan rings is 1. The molecule has 112 valence electrons. The molecule has 0 fully saturated rings. The summed E-state index contributed by atoms with van der Waals surface area (Å²) in [5.74, 6) is 1.44. The minimum absolute atomic E-state index is 0.0246. The van der Waals surface area contributed by atoms with Gasteiger partial charge in [0.1, 0.15) is 11.5 Å². The van der Waals surface area contributed by atoms with Gasteiger partial charge in [0.15, 0.2) is 0 Å². The molecule has 0 radical (unpaired) electrons. The Kier molecular flexibility index (Phi) is 4.58. The Hall–Kier alpha value is -1.94. The Morgan fingerprint density at radius 3 is 2.57 bits per heavy atom. The fourth-order valence-electron chi connectivity index (χ4n) is 2.09. The van der Waals surface area contributed by atoms with Gasteiger partial charge in [-0.1, -0.05) is 11.6 Å². The second-order valence-corrected chi connectivity index (χ2v) is 5.69. The molecule has 1 aromatic heterocycles. The van der Waals surface area contributed by atoms with E-state index in [1.165, 1.54) is 0 Å². The lowest BCUT2D eigenvalue weighted by Crippen LogP contribution is -2.36. The number of nitrogen functional groups attached to an aromatic ring is 1. The van der Waals surface area contributed by atoms with Crippen molar-refractivity contribution in [2.24, 2.45) is 0 Å². The van der Waals surface area contributed by atoms with Crippen molar-refractivity contribution >= 4 is 23.2 Å². The van der Waals surface area contributed by atoms with Crippen molar-refractivity contribution in [3.8, 4) is 0 Å². The second kappa shape index (κ2) is 6.22. The van der Waals surface area contributed by atoms with Gasteiger partial charge in [-0.3, -0.25) is 4.79 Å². The normalized spacial score (nSPS) is 10.9. The highest BCUT2D eigenvalue weighted by Crippen LogP contribution is 2.23. The molecule has 1 heterocycles. The van der Waals surface area contributed by atoms with Crippen LogP contribution in [0.3, 0.4) is 0 Å². The molecule has 2 N–H and O–H groups in total. The SMILES string of the molecule is Cc1ccc(CN(C(=O)c2ccc(N)cc2Cl)C(C)C)o1. The average Bonchev–Trinajstić information content (AvgIpc) is 2.80. The third-order valence-corrected chi connectivity index (χ3v) is 3.54. The van der Waals surface area contributed by atoms with Gasteiger partial charge in [0.05, 0.1) is 17.1 Å². The van der Waals surface area contributed by atoms with E-state index in [4.69, 9.17) is 21.8 Å². The van der Waals surface area contributed by atoms with Crippen molar-refractivity contribution in [1.82, 2.24) is 4.90 Å². The molecule has 0 spiro atoms. The van der Waals surface area contributed by atoms with Crippen LogP contribution in [0.25, 0.3) is 0 Å². The van der Waals surface area contributed by atoms with E-state index in [1.54, 1.807) is 23.1 Å². The number of rotatable bonds is 4. The highest BCUT2D eigenvalue weighted by Gasteiger charge is 2.22. The molecule has 0 aliphatic heterocycles. The van der Waals surface area contributed by atoms with Gasteiger partial charge in [-0.2, -0.15) is 0 Å². The van der Waals surface area contributed by atoms with E-state index in [2.05, 4.69) is 0 Å². The molecule has 0 bridgehead atoms. The maximum absolute atomic E-state index is 12.7. The molecule has 21 heavy (non-hydrogen) atoms. The van der Waals surface area contributed by atoms with Crippen LogP contribution in [-0.2, 0) is 6.54 Å². The van der Waals surface area contributed by atoms with E-state index in [0.29, 0.717) is 22.8 Å². The molecular formula is C16H19ClN2O2. The van der Waals surface area contributed by atoms with Gasteiger partial charge in [0.25, 0.3) is 5.91 Å². The Bertz CT molecular complexity index is 649. The number of carbonyl (C=O) groups excluding carboxylic acids is 1. The molecule has 0 saturated carbocycles. The highest BCUT2D eigenvalue weighted by atomic mass is 35.5. The summed E-state index contributed by atoms with van der Waals surface area (Å²) in [6.45, 7) is 6.20. The molecule has 0 saturated heterocycles. The van der Waals surface area contributed by atoms with Crippen molar-refractivity contribution in [2.75, 3.05) is 5.73 Å². The third kappa shape index (κ3) is 3.58.